The first-order valence-corrected chi connectivity index (χ1v) is 4.95. The number of hydrogen-bond donors (Lipinski definition) is 1. The van der Waals surface area contributed by atoms with Gasteiger partial charge in [-0.2, -0.15) is 0 Å². The molecule has 0 bridgehead atoms. The van der Waals surface area contributed by atoms with Crippen molar-refractivity contribution in [1.82, 2.24) is 5.32 Å². The zero-order valence-electron chi connectivity index (χ0n) is 9.14. The van der Waals surface area contributed by atoms with Gasteiger partial charge in [0.05, 0.1) is 13.2 Å². The lowest BCUT2D eigenvalue weighted by molar-refractivity contribution is 0.0973. The van der Waals surface area contributed by atoms with E-state index in [0.29, 0.717) is 6.54 Å². The Bertz CT molecular complexity index is 344. The molecule has 1 rings (SSSR count). The Balaban J connectivity index is 3.08. The van der Waals surface area contributed by atoms with E-state index >= 15 is 0 Å². The summed E-state index contributed by atoms with van der Waals surface area (Å²) in [5.74, 6) is -0.766. The smallest absolute Gasteiger partial charge is 0.257 e. The van der Waals surface area contributed by atoms with Gasteiger partial charge in [-0.1, -0.05) is 19.1 Å². The summed E-state index contributed by atoms with van der Waals surface area (Å²) in [6.45, 7) is 2.03. The Hall–Kier alpha value is -1.23. The molecule has 0 aliphatic rings. The van der Waals surface area contributed by atoms with Gasteiger partial charge in [0.1, 0.15) is 0 Å². The third kappa shape index (κ3) is 2.66. The van der Waals surface area contributed by atoms with E-state index in [-0.39, 0.29) is 11.3 Å². The van der Waals surface area contributed by atoms with Crippen molar-refractivity contribution in [3.63, 3.8) is 0 Å². The molecule has 0 aliphatic carbocycles. The molecule has 1 aromatic rings. The minimum atomic E-state index is -2.67. The summed E-state index contributed by atoms with van der Waals surface area (Å²) in [5, 5.41) is 2.54. The third-order valence-electron chi connectivity index (χ3n) is 2.22. The number of hydrogen-bond acceptors (Lipinski definition) is 2. The molecule has 0 radical (unpaired) electrons. The number of alkyl halides is 2. The van der Waals surface area contributed by atoms with Crippen molar-refractivity contribution in [2.45, 2.75) is 19.4 Å². The third-order valence-corrected chi connectivity index (χ3v) is 2.22. The lowest BCUT2D eigenvalue weighted by Gasteiger charge is -2.18. The Morgan fingerprint density at radius 1 is 1.38 bits per heavy atom. The highest BCUT2D eigenvalue weighted by atomic mass is 19.3. The van der Waals surface area contributed by atoms with Crippen LogP contribution in [0.2, 0.25) is 0 Å². The Morgan fingerprint density at radius 2 is 2.06 bits per heavy atom. The highest BCUT2D eigenvalue weighted by molar-refractivity contribution is 5.33. The maximum atomic E-state index is 13.7. The molecule has 1 atom stereocenters. The lowest BCUT2D eigenvalue weighted by atomic mass is 10.1. The molecule has 0 amide bonds. The molecule has 1 unspecified atom stereocenters. The molecule has 0 saturated carbocycles. The molecule has 5 heteroatoms. The first-order chi connectivity index (χ1) is 7.61. The Kier molecular flexibility index (Phi) is 4.61. The summed E-state index contributed by atoms with van der Waals surface area (Å²) in [6, 6.07) is 2.91. The summed E-state index contributed by atoms with van der Waals surface area (Å²) in [6.07, 6.45) is -2.67. The molecule has 90 valence electrons. The first kappa shape index (κ1) is 12.8. The van der Waals surface area contributed by atoms with Crippen LogP contribution in [0.1, 0.15) is 18.5 Å². The number of rotatable bonds is 5. The van der Waals surface area contributed by atoms with Crippen LogP contribution in [0.25, 0.3) is 0 Å². The van der Waals surface area contributed by atoms with Crippen molar-refractivity contribution in [2.75, 3.05) is 13.7 Å². The zero-order chi connectivity index (χ0) is 12.1. The van der Waals surface area contributed by atoms with Gasteiger partial charge in [0, 0.05) is 5.56 Å². The van der Waals surface area contributed by atoms with Gasteiger partial charge in [-0.15, -0.1) is 0 Å². The lowest BCUT2D eigenvalue weighted by Crippen LogP contribution is -2.28. The molecular formula is C11H14F3NO. The summed E-state index contributed by atoms with van der Waals surface area (Å²) < 4.78 is 43.9. The van der Waals surface area contributed by atoms with Crippen LogP contribution in [-0.4, -0.2) is 20.1 Å². The van der Waals surface area contributed by atoms with Gasteiger partial charge in [0.2, 0.25) is 0 Å². The zero-order valence-corrected chi connectivity index (χ0v) is 9.14. The minimum Gasteiger partial charge on any atom is -0.494 e. The van der Waals surface area contributed by atoms with Crippen LogP contribution < -0.4 is 10.1 Å². The molecule has 2 nitrogen and oxygen atoms in total. The van der Waals surface area contributed by atoms with Crippen LogP contribution in [0.4, 0.5) is 13.2 Å². The van der Waals surface area contributed by atoms with E-state index in [4.69, 9.17) is 4.74 Å². The molecule has 0 spiro atoms. The van der Waals surface area contributed by atoms with Gasteiger partial charge in [-0.3, -0.25) is 0 Å². The van der Waals surface area contributed by atoms with Gasteiger partial charge in [0.15, 0.2) is 11.6 Å². The molecule has 0 saturated heterocycles. The maximum Gasteiger partial charge on any atom is 0.257 e. The second-order valence-electron chi connectivity index (χ2n) is 3.23. The van der Waals surface area contributed by atoms with Crippen molar-refractivity contribution >= 4 is 0 Å². The second kappa shape index (κ2) is 5.75. The fourth-order valence-corrected chi connectivity index (χ4v) is 1.48. The number of methoxy groups -OCH3 is 1. The monoisotopic (exact) mass is 233 g/mol. The highest BCUT2D eigenvalue weighted by Crippen LogP contribution is 2.28. The fraction of sp³-hybridized carbons (Fsp3) is 0.455. The number of nitrogens with one attached hydrogen (secondary N) is 1. The normalized spacial score (nSPS) is 12.9. The largest absolute Gasteiger partial charge is 0.494 e. The number of ether oxygens (including phenoxy) is 1. The van der Waals surface area contributed by atoms with Crippen molar-refractivity contribution < 1.29 is 17.9 Å². The molecule has 0 fully saturated rings. The SMILES string of the molecule is CCNC(c1cccc(OC)c1F)C(F)F. The summed E-state index contributed by atoms with van der Waals surface area (Å²) >= 11 is 0. The van der Waals surface area contributed by atoms with Crippen molar-refractivity contribution in [3.05, 3.63) is 29.6 Å². The van der Waals surface area contributed by atoms with Crippen molar-refractivity contribution in [1.29, 1.82) is 0 Å². The molecule has 0 aromatic heterocycles. The van der Waals surface area contributed by atoms with Crippen LogP contribution in [0.5, 0.6) is 5.75 Å². The summed E-state index contributed by atoms with van der Waals surface area (Å²) in [7, 11) is 1.30. The van der Waals surface area contributed by atoms with Crippen molar-refractivity contribution in [3.8, 4) is 5.75 Å². The summed E-state index contributed by atoms with van der Waals surface area (Å²) in [4.78, 5) is 0. The van der Waals surface area contributed by atoms with Crippen LogP contribution in [0.3, 0.4) is 0 Å². The van der Waals surface area contributed by atoms with Crippen LogP contribution in [0.15, 0.2) is 18.2 Å². The van der Waals surface area contributed by atoms with Crippen LogP contribution >= 0.6 is 0 Å². The van der Waals surface area contributed by atoms with Crippen LogP contribution in [0, 0.1) is 5.82 Å². The van der Waals surface area contributed by atoms with Gasteiger partial charge in [-0.25, -0.2) is 13.2 Å². The minimum absolute atomic E-state index is 0.0268. The standard InChI is InChI=1S/C11H14F3NO/c1-3-15-10(11(13)14)7-5-4-6-8(16-2)9(7)12/h4-6,10-11,15H,3H2,1-2H3. The van der Waals surface area contributed by atoms with Gasteiger partial charge >= 0.3 is 0 Å². The molecule has 1 aromatic carbocycles. The van der Waals surface area contributed by atoms with E-state index in [1.807, 2.05) is 0 Å². The molecular weight excluding hydrogens is 219 g/mol. The van der Waals surface area contributed by atoms with E-state index in [2.05, 4.69) is 5.32 Å². The molecule has 1 N–H and O–H groups in total. The quantitative estimate of drug-likeness (QED) is 0.844. The van der Waals surface area contributed by atoms with E-state index in [9.17, 15) is 13.2 Å². The second-order valence-corrected chi connectivity index (χ2v) is 3.23. The molecule has 0 heterocycles. The first-order valence-electron chi connectivity index (χ1n) is 4.95. The van der Waals surface area contributed by atoms with E-state index in [1.165, 1.54) is 25.3 Å². The Morgan fingerprint density at radius 3 is 2.56 bits per heavy atom. The molecule has 0 aliphatic heterocycles. The Labute approximate surface area is 92.4 Å². The highest BCUT2D eigenvalue weighted by Gasteiger charge is 2.25. The average Bonchev–Trinajstić information content (AvgIpc) is 2.26. The van der Waals surface area contributed by atoms with Crippen molar-refractivity contribution in [2.24, 2.45) is 0 Å². The number of benzene rings is 1. The number of halogens is 3. The predicted octanol–water partition coefficient (Wildman–Crippen LogP) is 2.75. The van der Waals surface area contributed by atoms with E-state index < -0.39 is 18.3 Å². The van der Waals surface area contributed by atoms with E-state index in [0.717, 1.165) is 0 Å². The van der Waals surface area contributed by atoms with Gasteiger partial charge in [0.25, 0.3) is 6.43 Å². The van der Waals surface area contributed by atoms with Crippen LogP contribution in [-0.2, 0) is 0 Å². The fourth-order valence-electron chi connectivity index (χ4n) is 1.48. The van der Waals surface area contributed by atoms with E-state index in [1.54, 1.807) is 6.92 Å². The average molecular weight is 233 g/mol. The topological polar surface area (TPSA) is 21.3 Å². The molecule has 16 heavy (non-hydrogen) atoms. The predicted molar refractivity (Wildman–Crippen MR) is 55.4 cm³/mol. The summed E-state index contributed by atoms with van der Waals surface area (Å²) in [5.41, 5.74) is -0.0730. The maximum absolute atomic E-state index is 13.7. The van der Waals surface area contributed by atoms with Gasteiger partial charge in [-0.05, 0) is 12.6 Å². The van der Waals surface area contributed by atoms with Gasteiger partial charge < -0.3 is 10.1 Å².